The second-order valence-corrected chi connectivity index (χ2v) is 16.0. The number of nitrogens with zero attached hydrogens (tertiary/aromatic N) is 2. The van der Waals surface area contributed by atoms with Gasteiger partial charge in [-0.2, -0.15) is 0 Å². The van der Waals surface area contributed by atoms with Crippen LogP contribution in [0.5, 0.6) is 0 Å². The number of hydrogen-bond donors (Lipinski definition) is 0. The van der Waals surface area contributed by atoms with Crippen molar-refractivity contribution < 1.29 is 0 Å². The second kappa shape index (κ2) is 14.1. The van der Waals surface area contributed by atoms with Crippen LogP contribution in [-0.2, 0) is 5.41 Å². The molecule has 2 aliphatic rings. The molecular weight excluding hydrogens is 737 g/mol. The van der Waals surface area contributed by atoms with Gasteiger partial charge >= 0.3 is 0 Å². The molecule has 0 saturated carbocycles. The van der Waals surface area contributed by atoms with Crippen LogP contribution in [0.2, 0.25) is 0 Å². The summed E-state index contributed by atoms with van der Waals surface area (Å²) in [6.45, 7) is 0. The minimum Gasteiger partial charge on any atom is -0.228 e. The molecule has 12 rings (SSSR count). The van der Waals surface area contributed by atoms with Gasteiger partial charge in [-0.3, -0.25) is 0 Å². The summed E-state index contributed by atoms with van der Waals surface area (Å²) in [5.74, 6) is 0.690. The zero-order valence-electron chi connectivity index (χ0n) is 33.3. The van der Waals surface area contributed by atoms with E-state index in [-0.39, 0.29) is 0 Å². The lowest BCUT2D eigenvalue weighted by Crippen LogP contribution is -2.29. The highest BCUT2D eigenvalue weighted by molar-refractivity contribution is 5.98. The number of fused-ring (bicyclic) bond motifs is 12. The van der Waals surface area contributed by atoms with Crippen molar-refractivity contribution >= 4 is 0 Å². The van der Waals surface area contributed by atoms with Crippen molar-refractivity contribution in [3.63, 3.8) is 0 Å². The van der Waals surface area contributed by atoms with Crippen LogP contribution in [0.1, 0.15) is 22.3 Å². The van der Waals surface area contributed by atoms with Gasteiger partial charge in [0.25, 0.3) is 0 Å². The Balaban J connectivity index is 1.10. The normalized spacial score (nSPS) is 12.7. The first kappa shape index (κ1) is 35.0. The molecule has 0 fully saturated rings. The molecule has 1 spiro atoms. The minimum atomic E-state index is -0.531. The topological polar surface area (TPSA) is 25.8 Å². The molecule has 9 aromatic carbocycles. The lowest BCUT2D eigenvalue weighted by atomic mass is 9.66. The first-order chi connectivity index (χ1) is 30.2. The summed E-state index contributed by atoms with van der Waals surface area (Å²) in [5, 5.41) is 0. The summed E-state index contributed by atoms with van der Waals surface area (Å²) >= 11 is 0. The summed E-state index contributed by atoms with van der Waals surface area (Å²) in [6, 6.07) is 83.6. The molecule has 1 heterocycles. The average Bonchev–Trinajstić information content (AvgIpc) is 3.59. The number of aromatic nitrogens is 2. The molecule has 0 unspecified atom stereocenters. The highest BCUT2D eigenvalue weighted by Crippen LogP contribution is 2.61. The van der Waals surface area contributed by atoms with Crippen LogP contribution in [0.3, 0.4) is 0 Å². The smallest absolute Gasteiger partial charge is 0.160 e. The van der Waals surface area contributed by atoms with E-state index in [9.17, 15) is 0 Å². The highest BCUT2D eigenvalue weighted by Gasteiger charge is 2.49. The van der Waals surface area contributed by atoms with Crippen LogP contribution in [0.25, 0.3) is 89.5 Å². The Morgan fingerprint density at radius 1 is 0.230 bits per heavy atom. The van der Waals surface area contributed by atoms with E-state index in [1.54, 1.807) is 0 Å². The molecule has 0 atom stereocenters. The fraction of sp³-hybridized carbons (Fsp3) is 0.0169. The maximum absolute atomic E-state index is 5.42. The molecule has 0 N–H and O–H groups in total. The molecule has 0 amide bonds. The second-order valence-electron chi connectivity index (χ2n) is 16.0. The van der Waals surface area contributed by atoms with Crippen molar-refractivity contribution in [1.29, 1.82) is 0 Å². The molecule has 10 aromatic rings. The van der Waals surface area contributed by atoms with Gasteiger partial charge in [0.15, 0.2) is 5.82 Å². The van der Waals surface area contributed by atoms with Crippen molar-refractivity contribution in [3.05, 3.63) is 253 Å². The Morgan fingerprint density at radius 3 is 1.23 bits per heavy atom. The Kier molecular flexibility index (Phi) is 8.11. The maximum Gasteiger partial charge on any atom is 0.160 e. The molecule has 0 radical (unpaired) electrons. The summed E-state index contributed by atoms with van der Waals surface area (Å²) in [5.41, 5.74) is 21.6. The van der Waals surface area contributed by atoms with E-state index in [1.165, 1.54) is 66.8 Å². The first-order valence-electron chi connectivity index (χ1n) is 21.0. The van der Waals surface area contributed by atoms with Crippen molar-refractivity contribution in [1.82, 2.24) is 9.97 Å². The highest BCUT2D eigenvalue weighted by atomic mass is 14.9. The van der Waals surface area contributed by atoms with E-state index in [4.69, 9.17) is 9.97 Å². The van der Waals surface area contributed by atoms with Crippen LogP contribution in [-0.4, -0.2) is 9.97 Å². The third kappa shape index (κ3) is 5.57. The predicted molar refractivity (Wildman–Crippen MR) is 251 cm³/mol. The van der Waals surface area contributed by atoms with Crippen molar-refractivity contribution in [2.24, 2.45) is 0 Å². The van der Waals surface area contributed by atoms with Crippen LogP contribution >= 0.6 is 0 Å². The molecule has 284 valence electrons. The molecule has 2 aliphatic carbocycles. The summed E-state index contributed by atoms with van der Waals surface area (Å²) in [7, 11) is 0. The van der Waals surface area contributed by atoms with Gasteiger partial charge in [0.1, 0.15) is 0 Å². The van der Waals surface area contributed by atoms with Crippen LogP contribution in [0.15, 0.2) is 231 Å². The Bertz CT molecular complexity index is 3250. The average molecular weight is 775 g/mol. The van der Waals surface area contributed by atoms with Gasteiger partial charge < -0.3 is 0 Å². The lowest BCUT2D eigenvalue weighted by Gasteiger charge is -2.35. The molecule has 61 heavy (non-hydrogen) atoms. The van der Waals surface area contributed by atoms with Crippen molar-refractivity contribution in [2.75, 3.05) is 0 Å². The summed E-state index contributed by atoms with van der Waals surface area (Å²) in [6.07, 6.45) is 0. The summed E-state index contributed by atoms with van der Waals surface area (Å²) < 4.78 is 0. The standard InChI is InChI=1S/C59H38N2/c1-3-16-39(17-4-1)41-30-32-42(33-31-41)56-38-57(61-58(60-56)45-21-15-20-43(36-45)40-18-5-2-6-19-40)44-34-35-55-51(37-44)47-23-8-7-22-46(47)48-24-9-12-27-52(48)59(55)53-28-13-10-25-49(53)50-26-11-14-29-54(50)59/h1-38H. The number of benzene rings is 9. The van der Waals surface area contributed by atoms with Gasteiger partial charge in [0, 0.05) is 16.7 Å². The zero-order chi connectivity index (χ0) is 40.3. The monoisotopic (exact) mass is 774 g/mol. The van der Waals surface area contributed by atoms with Gasteiger partial charge in [-0.1, -0.05) is 212 Å². The van der Waals surface area contributed by atoms with Crippen LogP contribution in [0, 0.1) is 0 Å². The Hall–Kier alpha value is -7.94. The summed E-state index contributed by atoms with van der Waals surface area (Å²) in [4.78, 5) is 10.7. The van der Waals surface area contributed by atoms with E-state index in [1.807, 2.05) is 0 Å². The Labute approximate surface area is 356 Å². The third-order valence-electron chi connectivity index (χ3n) is 12.8. The van der Waals surface area contributed by atoms with Crippen molar-refractivity contribution in [3.8, 4) is 89.5 Å². The van der Waals surface area contributed by atoms with E-state index in [0.29, 0.717) is 5.82 Å². The minimum absolute atomic E-state index is 0.531. The molecule has 2 nitrogen and oxygen atoms in total. The number of hydrogen-bond acceptors (Lipinski definition) is 2. The molecule has 0 bridgehead atoms. The van der Waals surface area contributed by atoms with E-state index < -0.39 is 5.41 Å². The van der Waals surface area contributed by atoms with Gasteiger partial charge in [-0.15, -0.1) is 0 Å². The Morgan fingerprint density at radius 2 is 0.623 bits per heavy atom. The molecule has 0 saturated heterocycles. The molecule has 2 heteroatoms. The van der Waals surface area contributed by atoms with E-state index >= 15 is 0 Å². The van der Waals surface area contributed by atoms with Crippen molar-refractivity contribution in [2.45, 2.75) is 5.41 Å². The lowest BCUT2D eigenvalue weighted by molar-refractivity contribution is 0.775. The van der Waals surface area contributed by atoms with E-state index in [2.05, 4.69) is 231 Å². The van der Waals surface area contributed by atoms with Gasteiger partial charge in [-0.25, -0.2) is 9.97 Å². The first-order valence-corrected chi connectivity index (χ1v) is 21.0. The van der Waals surface area contributed by atoms with E-state index in [0.717, 1.165) is 39.2 Å². The fourth-order valence-corrected chi connectivity index (χ4v) is 10.0. The van der Waals surface area contributed by atoms with Gasteiger partial charge in [0.2, 0.25) is 0 Å². The number of rotatable bonds is 5. The quantitative estimate of drug-likeness (QED) is 0.174. The fourth-order valence-electron chi connectivity index (χ4n) is 10.0. The molecule has 1 aromatic heterocycles. The predicted octanol–water partition coefficient (Wildman–Crippen LogP) is 14.8. The zero-order valence-corrected chi connectivity index (χ0v) is 33.3. The largest absolute Gasteiger partial charge is 0.228 e. The maximum atomic E-state index is 5.42. The third-order valence-corrected chi connectivity index (χ3v) is 12.8. The van der Waals surface area contributed by atoms with Gasteiger partial charge in [-0.05, 0) is 96.1 Å². The van der Waals surface area contributed by atoms with Crippen LogP contribution < -0.4 is 0 Å². The molecule has 0 aliphatic heterocycles. The molecular formula is C59H38N2. The SMILES string of the molecule is c1ccc(-c2ccc(-c3cc(-c4ccc5c(c4)-c4ccccc4-c4ccccc4C54c5ccccc5-c5ccccc54)nc(-c4cccc(-c5ccccc5)c4)n3)cc2)cc1. The van der Waals surface area contributed by atoms with Gasteiger partial charge in [0.05, 0.1) is 16.8 Å². The van der Waals surface area contributed by atoms with Crippen LogP contribution in [0.4, 0.5) is 0 Å².